The molecule has 1 unspecified atom stereocenters. The Morgan fingerprint density at radius 2 is 1.48 bits per heavy atom. The molecule has 0 aromatic heterocycles. The molecule has 0 bridgehead atoms. The van der Waals surface area contributed by atoms with Gasteiger partial charge in [-0.15, -0.1) is 0 Å². The number of hydrogen-bond acceptors (Lipinski definition) is 3. The smallest absolute Gasteiger partial charge is 0.344 e. The van der Waals surface area contributed by atoms with Gasteiger partial charge in [-0.25, -0.2) is 4.79 Å². The van der Waals surface area contributed by atoms with Gasteiger partial charge < -0.3 is 9.84 Å². The van der Waals surface area contributed by atoms with Crippen LogP contribution in [-0.2, 0) is 11.2 Å². The Morgan fingerprint density at radius 1 is 0.862 bits per heavy atom. The van der Waals surface area contributed by atoms with Crippen LogP contribution in [0.4, 0.5) is 0 Å². The maximum absolute atomic E-state index is 12.7. The minimum absolute atomic E-state index is 0.239. The zero-order valence-corrected chi connectivity index (χ0v) is 15.9. The van der Waals surface area contributed by atoms with Crippen molar-refractivity contribution in [3.63, 3.8) is 0 Å². The highest BCUT2D eigenvalue weighted by Crippen LogP contribution is 2.22. The highest BCUT2D eigenvalue weighted by Gasteiger charge is 2.21. The van der Waals surface area contributed by atoms with E-state index in [9.17, 15) is 14.7 Å². The number of aryl methyl sites for hydroxylation is 1. The predicted octanol–water partition coefficient (Wildman–Crippen LogP) is 5.05. The van der Waals surface area contributed by atoms with Gasteiger partial charge in [-0.3, -0.25) is 4.79 Å². The summed E-state index contributed by atoms with van der Waals surface area (Å²) in [5.41, 5.74) is 2.29. The van der Waals surface area contributed by atoms with E-state index in [1.54, 1.807) is 30.3 Å². The first-order valence-corrected chi connectivity index (χ1v) is 9.43. The van der Waals surface area contributed by atoms with Gasteiger partial charge in [-0.1, -0.05) is 78.9 Å². The molecule has 4 heteroatoms. The Hall–Kier alpha value is -3.66. The number of carboxylic acids is 1. The quantitative estimate of drug-likeness (QED) is 0.413. The molecule has 0 heterocycles. The van der Waals surface area contributed by atoms with Gasteiger partial charge in [0.05, 0.1) is 5.56 Å². The van der Waals surface area contributed by atoms with Crippen molar-refractivity contribution in [2.24, 2.45) is 0 Å². The zero-order valence-electron chi connectivity index (χ0n) is 15.9. The Kier molecular flexibility index (Phi) is 6.95. The highest BCUT2D eigenvalue weighted by molar-refractivity contribution is 6.08. The number of ether oxygens (including phenoxy) is 1. The van der Waals surface area contributed by atoms with Crippen LogP contribution >= 0.6 is 0 Å². The van der Waals surface area contributed by atoms with E-state index in [1.807, 2.05) is 60.7 Å². The number of para-hydroxylation sites is 1. The van der Waals surface area contributed by atoms with E-state index in [2.05, 4.69) is 0 Å². The summed E-state index contributed by atoms with van der Waals surface area (Å²) in [6, 6.07) is 25.9. The van der Waals surface area contributed by atoms with Crippen molar-refractivity contribution in [1.29, 1.82) is 0 Å². The minimum Gasteiger partial charge on any atom is -0.479 e. The average molecular weight is 386 g/mol. The van der Waals surface area contributed by atoms with Crippen LogP contribution in [0.5, 0.6) is 5.75 Å². The minimum atomic E-state index is -1.05. The summed E-state index contributed by atoms with van der Waals surface area (Å²) >= 11 is 0. The van der Waals surface area contributed by atoms with Gasteiger partial charge in [0, 0.05) is 0 Å². The third kappa shape index (κ3) is 5.91. The maximum Gasteiger partial charge on any atom is 0.344 e. The summed E-state index contributed by atoms with van der Waals surface area (Å²) in [6.45, 7) is 0. The topological polar surface area (TPSA) is 63.6 Å². The van der Waals surface area contributed by atoms with E-state index in [0.29, 0.717) is 18.4 Å². The van der Waals surface area contributed by atoms with Crippen LogP contribution in [0.3, 0.4) is 0 Å². The first-order chi connectivity index (χ1) is 14.1. The van der Waals surface area contributed by atoms with Gasteiger partial charge in [0.2, 0.25) is 0 Å². The average Bonchev–Trinajstić information content (AvgIpc) is 2.76. The lowest BCUT2D eigenvalue weighted by Gasteiger charge is -2.17. The number of hydrogen-bond donors (Lipinski definition) is 1. The molecule has 0 aliphatic heterocycles. The summed E-state index contributed by atoms with van der Waals surface area (Å²) in [4.78, 5) is 24.3. The second kappa shape index (κ2) is 10.0. The van der Waals surface area contributed by atoms with Crippen LogP contribution in [0.15, 0.2) is 91.0 Å². The number of allylic oxidation sites excluding steroid dienone is 1. The van der Waals surface area contributed by atoms with Crippen molar-refractivity contribution >= 4 is 17.8 Å². The van der Waals surface area contributed by atoms with E-state index in [-0.39, 0.29) is 11.5 Å². The lowest BCUT2D eigenvalue weighted by atomic mass is 10.1. The fourth-order valence-corrected chi connectivity index (χ4v) is 2.93. The molecule has 1 N–H and O–H groups in total. The number of carboxylic acid groups (broad SMARTS) is 1. The molecule has 3 aromatic rings. The number of carbonyl (C=O) groups excluding carboxylic acids is 1. The van der Waals surface area contributed by atoms with Crippen LogP contribution in [-0.4, -0.2) is 23.0 Å². The Labute approximate surface area is 170 Å². The molecule has 0 aliphatic rings. The van der Waals surface area contributed by atoms with Crippen molar-refractivity contribution < 1.29 is 19.4 Å². The van der Waals surface area contributed by atoms with Gasteiger partial charge in [0.25, 0.3) is 0 Å². The fourth-order valence-electron chi connectivity index (χ4n) is 2.93. The molecule has 0 saturated heterocycles. The first-order valence-electron chi connectivity index (χ1n) is 9.43. The van der Waals surface area contributed by atoms with E-state index in [1.165, 1.54) is 6.08 Å². The number of carbonyl (C=O) groups is 2. The van der Waals surface area contributed by atoms with Crippen LogP contribution in [0.1, 0.15) is 27.9 Å². The number of ketones is 1. The Morgan fingerprint density at radius 3 is 2.17 bits per heavy atom. The zero-order chi connectivity index (χ0) is 20.5. The van der Waals surface area contributed by atoms with Gasteiger partial charge in [-0.2, -0.15) is 0 Å². The predicted molar refractivity (Wildman–Crippen MR) is 113 cm³/mol. The van der Waals surface area contributed by atoms with Crippen molar-refractivity contribution in [3.05, 3.63) is 108 Å². The number of aliphatic carboxylic acids is 1. The molecule has 146 valence electrons. The van der Waals surface area contributed by atoms with Crippen LogP contribution < -0.4 is 4.74 Å². The maximum atomic E-state index is 12.7. The number of benzene rings is 3. The molecule has 3 aromatic carbocycles. The summed E-state index contributed by atoms with van der Waals surface area (Å²) in [7, 11) is 0. The summed E-state index contributed by atoms with van der Waals surface area (Å²) in [5, 5.41) is 9.57. The second-order valence-corrected chi connectivity index (χ2v) is 6.57. The number of rotatable bonds is 9. The molecule has 0 fully saturated rings. The first kappa shape index (κ1) is 20.1. The molecule has 0 saturated carbocycles. The molecular weight excluding hydrogens is 364 g/mol. The van der Waals surface area contributed by atoms with E-state index in [0.717, 1.165) is 11.1 Å². The normalized spacial score (nSPS) is 11.9. The molecule has 0 radical (unpaired) electrons. The molecule has 1 atom stereocenters. The van der Waals surface area contributed by atoms with Gasteiger partial charge >= 0.3 is 5.97 Å². The van der Waals surface area contributed by atoms with Crippen LogP contribution in [0.25, 0.3) is 6.08 Å². The Balaban J connectivity index is 1.73. The second-order valence-electron chi connectivity index (χ2n) is 6.57. The van der Waals surface area contributed by atoms with E-state index >= 15 is 0 Å². The highest BCUT2D eigenvalue weighted by atomic mass is 16.5. The third-order valence-corrected chi connectivity index (χ3v) is 4.46. The molecule has 3 rings (SSSR count). The van der Waals surface area contributed by atoms with Crippen molar-refractivity contribution in [1.82, 2.24) is 0 Å². The summed E-state index contributed by atoms with van der Waals surface area (Å²) in [5.74, 6) is -1.02. The van der Waals surface area contributed by atoms with Crippen molar-refractivity contribution in [2.45, 2.75) is 18.9 Å². The summed E-state index contributed by atoms with van der Waals surface area (Å²) < 4.78 is 5.75. The largest absolute Gasteiger partial charge is 0.479 e. The lowest BCUT2D eigenvalue weighted by molar-refractivity contribution is -0.145. The molecule has 29 heavy (non-hydrogen) atoms. The van der Waals surface area contributed by atoms with Crippen molar-refractivity contribution in [2.75, 3.05) is 0 Å². The molecule has 0 aliphatic carbocycles. The molecule has 0 spiro atoms. The fraction of sp³-hybridized carbons (Fsp3) is 0.120. The van der Waals surface area contributed by atoms with Crippen molar-refractivity contribution in [3.8, 4) is 5.75 Å². The van der Waals surface area contributed by atoms with E-state index in [4.69, 9.17) is 4.74 Å². The molecular formula is C25H22O4. The lowest BCUT2D eigenvalue weighted by Crippen LogP contribution is -2.28. The SMILES string of the molecule is O=C(/C=C/c1ccccc1)c1ccccc1OC(CCc1ccccc1)C(=O)O. The summed E-state index contributed by atoms with van der Waals surface area (Å²) in [6.07, 6.45) is 3.03. The monoisotopic (exact) mass is 386 g/mol. The molecule has 0 amide bonds. The van der Waals surface area contributed by atoms with Gasteiger partial charge in [0.15, 0.2) is 11.9 Å². The molecule has 4 nitrogen and oxygen atoms in total. The Bertz CT molecular complexity index is 978. The van der Waals surface area contributed by atoms with Gasteiger partial charge in [-0.05, 0) is 42.2 Å². The third-order valence-electron chi connectivity index (χ3n) is 4.46. The van der Waals surface area contributed by atoms with Crippen LogP contribution in [0.2, 0.25) is 0 Å². The standard InChI is InChI=1S/C25H22O4/c26-22(17-15-19-9-3-1-4-10-19)21-13-7-8-14-23(21)29-24(25(27)28)18-16-20-11-5-2-6-12-20/h1-15,17,24H,16,18H2,(H,27,28)/b17-15+. The van der Waals surface area contributed by atoms with E-state index < -0.39 is 12.1 Å². The van der Waals surface area contributed by atoms with Crippen LogP contribution in [0, 0.1) is 0 Å². The van der Waals surface area contributed by atoms with Gasteiger partial charge in [0.1, 0.15) is 5.75 Å².